The molecule has 0 atom stereocenters. The number of aromatic nitrogens is 1. The SMILES string of the molecule is CC1(C)c2cc(N(c3ccc4c5ccccc5n(-c5ccccc5)c4c3)c3ccc4ccccc4c3-c3cccc4ccccc34)ccc2-c2cc3ccccc3cc21. The normalized spacial score (nSPS) is 13.1. The van der Waals surface area contributed by atoms with Crippen molar-refractivity contribution in [2.24, 2.45) is 0 Å². The topological polar surface area (TPSA) is 8.17 Å². The molecule has 0 amide bonds. The molecule has 1 aromatic heterocycles. The predicted molar refractivity (Wildman–Crippen MR) is 251 cm³/mol. The van der Waals surface area contributed by atoms with Crippen LogP contribution in [0.2, 0.25) is 0 Å². The number of fused-ring (bicyclic) bond motifs is 9. The highest BCUT2D eigenvalue weighted by molar-refractivity contribution is 6.13. The number of para-hydroxylation sites is 2. The Morgan fingerprint density at radius 2 is 0.966 bits per heavy atom. The average Bonchev–Trinajstić information content (AvgIpc) is 3.73. The van der Waals surface area contributed by atoms with Crippen LogP contribution in [0.25, 0.3) is 82.1 Å². The smallest absolute Gasteiger partial charge is 0.0561 e. The maximum Gasteiger partial charge on any atom is 0.0561 e. The van der Waals surface area contributed by atoms with Gasteiger partial charge in [0.25, 0.3) is 0 Å². The quantitative estimate of drug-likeness (QED) is 0.170. The van der Waals surface area contributed by atoms with Crippen molar-refractivity contribution in [2.45, 2.75) is 19.3 Å². The molecule has 2 nitrogen and oxygen atoms in total. The van der Waals surface area contributed by atoms with Crippen LogP contribution in [-0.4, -0.2) is 4.57 Å². The Hall–Kier alpha value is -7.42. The molecule has 1 heterocycles. The fourth-order valence-corrected chi connectivity index (χ4v) is 10.1. The minimum Gasteiger partial charge on any atom is -0.310 e. The van der Waals surface area contributed by atoms with E-state index in [1.807, 2.05) is 0 Å². The van der Waals surface area contributed by atoms with Gasteiger partial charge in [-0.2, -0.15) is 0 Å². The third-order valence-electron chi connectivity index (χ3n) is 12.9. The zero-order valence-corrected chi connectivity index (χ0v) is 33.0. The Morgan fingerprint density at radius 3 is 1.78 bits per heavy atom. The fraction of sp³-hybridized carbons (Fsp3) is 0.0526. The van der Waals surface area contributed by atoms with E-state index < -0.39 is 0 Å². The Morgan fingerprint density at radius 1 is 0.373 bits per heavy atom. The Balaban J connectivity index is 1.17. The first-order valence-corrected chi connectivity index (χ1v) is 20.6. The second-order valence-electron chi connectivity index (χ2n) is 16.5. The van der Waals surface area contributed by atoms with Crippen molar-refractivity contribution in [3.63, 3.8) is 0 Å². The van der Waals surface area contributed by atoms with E-state index in [1.54, 1.807) is 0 Å². The summed E-state index contributed by atoms with van der Waals surface area (Å²) < 4.78 is 2.42. The average molecular weight is 753 g/mol. The fourth-order valence-electron chi connectivity index (χ4n) is 10.1. The zero-order chi connectivity index (χ0) is 39.2. The lowest BCUT2D eigenvalue weighted by molar-refractivity contribution is 0.661. The monoisotopic (exact) mass is 752 g/mol. The van der Waals surface area contributed by atoms with Gasteiger partial charge < -0.3 is 9.47 Å². The van der Waals surface area contributed by atoms with Gasteiger partial charge in [-0.05, 0) is 121 Å². The molecule has 0 aliphatic heterocycles. The lowest BCUT2D eigenvalue weighted by Crippen LogP contribution is -2.17. The highest BCUT2D eigenvalue weighted by Gasteiger charge is 2.36. The standard InChI is InChI=1S/C57H40N2/c1-57(2)51-34-40-18-7-6-17-39(40)33-50(51)46-30-28-42(35-52(46)57)58(43-29-31-48-47-24-12-13-26-53(47)59(55(48)36-43)41-20-4-3-5-21-41)54-32-27-38-16-9-11-23-45(38)56(54)49-25-14-19-37-15-8-10-22-44(37)49/h3-36H,1-2H3. The van der Waals surface area contributed by atoms with Crippen molar-refractivity contribution in [3.05, 3.63) is 217 Å². The van der Waals surface area contributed by atoms with Crippen molar-refractivity contribution < 1.29 is 0 Å². The first-order valence-electron chi connectivity index (χ1n) is 20.6. The summed E-state index contributed by atoms with van der Waals surface area (Å²) in [5.74, 6) is 0. The number of rotatable bonds is 5. The van der Waals surface area contributed by atoms with Gasteiger partial charge >= 0.3 is 0 Å². The molecule has 0 unspecified atom stereocenters. The number of anilines is 3. The predicted octanol–water partition coefficient (Wildman–Crippen LogP) is 15.7. The summed E-state index contributed by atoms with van der Waals surface area (Å²) in [5.41, 5.74) is 14.5. The number of benzene rings is 10. The molecule has 2 heteroatoms. The van der Waals surface area contributed by atoms with E-state index in [4.69, 9.17) is 0 Å². The second-order valence-corrected chi connectivity index (χ2v) is 16.5. The van der Waals surface area contributed by atoms with Gasteiger partial charge in [-0.3, -0.25) is 0 Å². The molecule has 0 bridgehead atoms. The first kappa shape index (κ1) is 33.7. The molecular formula is C57H40N2. The van der Waals surface area contributed by atoms with E-state index in [2.05, 4.69) is 230 Å². The summed E-state index contributed by atoms with van der Waals surface area (Å²) in [6, 6.07) is 76.4. The van der Waals surface area contributed by atoms with Gasteiger partial charge in [-0.15, -0.1) is 0 Å². The molecule has 1 aliphatic rings. The maximum absolute atomic E-state index is 2.52. The van der Waals surface area contributed by atoms with Crippen molar-refractivity contribution in [3.8, 4) is 27.9 Å². The van der Waals surface area contributed by atoms with Crippen molar-refractivity contribution >= 4 is 71.2 Å². The second kappa shape index (κ2) is 12.8. The van der Waals surface area contributed by atoms with Crippen LogP contribution in [0.4, 0.5) is 17.1 Å². The van der Waals surface area contributed by atoms with E-state index >= 15 is 0 Å². The molecule has 0 saturated carbocycles. The molecule has 0 spiro atoms. The molecule has 278 valence electrons. The Bertz CT molecular complexity index is 3470. The van der Waals surface area contributed by atoms with Crippen LogP contribution in [0.5, 0.6) is 0 Å². The third kappa shape index (κ3) is 5.06. The van der Waals surface area contributed by atoms with E-state index in [-0.39, 0.29) is 5.41 Å². The van der Waals surface area contributed by atoms with Crippen molar-refractivity contribution in [2.75, 3.05) is 4.90 Å². The van der Waals surface area contributed by atoms with Crippen LogP contribution in [0.15, 0.2) is 206 Å². The molecule has 0 saturated heterocycles. The van der Waals surface area contributed by atoms with Gasteiger partial charge in [0.1, 0.15) is 0 Å². The highest BCUT2D eigenvalue weighted by atomic mass is 15.1. The summed E-state index contributed by atoms with van der Waals surface area (Å²) in [6.07, 6.45) is 0. The molecule has 11 aromatic rings. The van der Waals surface area contributed by atoms with Crippen molar-refractivity contribution in [1.82, 2.24) is 4.57 Å². The molecule has 10 aromatic carbocycles. The van der Waals surface area contributed by atoms with E-state index in [1.165, 1.54) is 87.5 Å². The molecule has 0 fully saturated rings. The highest BCUT2D eigenvalue weighted by Crippen LogP contribution is 2.53. The number of nitrogens with zero attached hydrogens (tertiary/aromatic N) is 2. The van der Waals surface area contributed by atoms with Crippen LogP contribution in [0.3, 0.4) is 0 Å². The summed E-state index contributed by atoms with van der Waals surface area (Å²) in [4.78, 5) is 2.52. The molecule has 0 N–H and O–H groups in total. The summed E-state index contributed by atoms with van der Waals surface area (Å²) in [6.45, 7) is 4.78. The van der Waals surface area contributed by atoms with Crippen LogP contribution in [0, 0.1) is 0 Å². The van der Waals surface area contributed by atoms with E-state index in [0.29, 0.717) is 0 Å². The van der Waals surface area contributed by atoms with Crippen LogP contribution < -0.4 is 4.90 Å². The third-order valence-corrected chi connectivity index (χ3v) is 12.9. The largest absolute Gasteiger partial charge is 0.310 e. The van der Waals surface area contributed by atoms with E-state index in [9.17, 15) is 0 Å². The molecule has 59 heavy (non-hydrogen) atoms. The van der Waals surface area contributed by atoms with Crippen LogP contribution in [0.1, 0.15) is 25.0 Å². The summed E-state index contributed by atoms with van der Waals surface area (Å²) in [7, 11) is 0. The van der Waals surface area contributed by atoms with Crippen molar-refractivity contribution in [1.29, 1.82) is 0 Å². The number of hydrogen-bond acceptors (Lipinski definition) is 1. The molecule has 0 radical (unpaired) electrons. The minimum absolute atomic E-state index is 0.193. The first-order chi connectivity index (χ1) is 29.0. The minimum atomic E-state index is -0.193. The summed E-state index contributed by atoms with van der Waals surface area (Å²) in [5, 5.41) is 9.96. The van der Waals surface area contributed by atoms with Gasteiger partial charge in [0.15, 0.2) is 0 Å². The molecule has 1 aliphatic carbocycles. The maximum atomic E-state index is 2.52. The summed E-state index contributed by atoms with van der Waals surface area (Å²) >= 11 is 0. The van der Waals surface area contributed by atoms with Gasteiger partial charge in [-0.25, -0.2) is 0 Å². The molecule has 12 rings (SSSR count). The Labute approximate surface area is 343 Å². The van der Waals surface area contributed by atoms with Crippen LogP contribution in [-0.2, 0) is 5.41 Å². The lowest BCUT2D eigenvalue weighted by Gasteiger charge is -2.31. The molecular weight excluding hydrogens is 713 g/mol. The lowest BCUT2D eigenvalue weighted by atomic mass is 9.81. The van der Waals surface area contributed by atoms with Gasteiger partial charge in [-0.1, -0.05) is 159 Å². The van der Waals surface area contributed by atoms with Gasteiger partial charge in [0.2, 0.25) is 0 Å². The Kier molecular flexibility index (Phi) is 7.31. The van der Waals surface area contributed by atoms with Gasteiger partial charge in [0, 0.05) is 38.8 Å². The van der Waals surface area contributed by atoms with Crippen LogP contribution >= 0.6 is 0 Å². The number of hydrogen-bond donors (Lipinski definition) is 0. The van der Waals surface area contributed by atoms with E-state index in [0.717, 1.165) is 22.7 Å². The zero-order valence-electron chi connectivity index (χ0n) is 33.0. The van der Waals surface area contributed by atoms with Gasteiger partial charge in [0.05, 0.1) is 16.7 Å².